The van der Waals surface area contributed by atoms with Crippen molar-refractivity contribution in [1.29, 1.82) is 0 Å². The molecular weight excluding hydrogens is 280 g/mol. The molecule has 1 unspecified atom stereocenters. The van der Waals surface area contributed by atoms with Crippen LogP contribution in [0.15, 0.2) is 24.3 Å². The van der Waals surface area contributed by atoms with Gasteiger partial charge in [0.25, 0.3) is 5.91 Å². The predicted octanol–water partition coefficient (Wildman–Crippen LogP) is 1.22. The van der Waals surface area contributed by atoms with Gasteiger partial charge < -0.3 is 14.8 Å². The van der Waals surface area contributed by atoms with Crippen LogP contribution in [-0.4, -0.2) is 55.3 Å². The molecule has 1 fully saturated rings. The van der Waals surface area contributed by atoms with Crippen LogP contribution >= 0.6 is 0 Å². The van der Waals surface area contributed by atoms with Crippen molar-refractivity contribution in [3.8, 4) is 5.75 Å². The van der Waals surface area contributed by atoms with Gasteiger partial charge in [-0.15, -0.1) is 0 Å². The number of morpholine rings is 1. The molecule has 2 aliphatic rings. The Kier molecular flexibility index (Phi) is 4.36. The Morgan fingerprint density at radius 1 is 1.32 bits per heavy atom. The summed E-state index contributed by atoms with van der Waals surface area (Å²) in [6.45, 7) is 8.27. The van der Waals surface area contributed by atoms with Crippen LogP contribution in [0.25, 0.3) is 0 Å². The highest BCUT2D eigenvalue weighted by atomic mass is 16.5. The average Bonchev–Trinajstić information content (AvgIpc) is 2.98. The van der Waals surface area contributed by atoms with E-state index in [1.54, 1.807) is 0 Å². The third kappa shape index (κ3) is 3.25. The average molecular weight is 304 g/mol. The minimum absolute atomic E-state index is 0.0301. The van der Waals surface area contributed by atoms with Crippen molar-refractivity contribution in [1.82, 2.24) is 10.2 Å². The standard InChI is InChI=1S/C17H24N2O3/c1-17(2,19-7-9-21-10-8-19)12-18-16(20)15-11-13-5-3-4-6-14(13)22-15/h3-6,15H,7-12H2,1-2H3,(H,18,20). The summed E-state index contributed by atoms with van der Waals surface area (Å²) in [6.07, 6.45) is 0.248. The number of nitrogens with one attached hydrogen (secondary N) is 1. The third-order valence-electron chi connectivity index (χ3n) is 4.50. The summed E-state index contributed by atoms with van der Waals surface area (Å²) in [4.78, 5) is 14.7. The zero-order valence-electron chi connectivity index (χ0n) is 13.3. The van der Waals surface area contributed by atoms with Crippen LogP contribution in [0.3, 0.4) is 0 Å². The summed E-state index contributed by atoms with van der Waals surface area (Å²) in [6, 6.07) is 7.84. The molecule has 0 aliphatic carbocycles. The highest BCUT2D eigenvalue weighted by Crippen LogP contribution is 2.28. The highest BCUT2D eigenvalue weighted by Gasteiger charge is 2.32. The van der Waals surface area contributed by atoms with Crippen LogP contribution < -0.4 is 10.1 Å². The van der Waals surface area contributed by atoms with Crippen molar-refractivity contribution in [2.45, 2.75) is 31.9 Å². The van der Waals surface area contributed by atoms with Gasteiger partial charge in [-0.25, -0.2) is 0 Å². The van der Waals surface area contributed by atoms with Crippen molar-refractivity contribution in [3.63, 3.8) is 0 Å². The van der Waals surface area contributed by atoms with E-state index < -0.39 is 6.10 Å². The van der Waals surface area contributed by atoms with E-state index in [9.17, 15) is 4.79 Å². The summed E-state index contributed by atoms with van der Waals surface area (Å²) in [5, 5.41) is 3.05. The van der Waals surface area contributed by atoms with Crippen LogP contribution in [0.2, 0.25) is 0 Å². The van der Waals surface area contributed by atoms with Gasteiger partial charge in [0, 0.05) is 31.6 Å². The molecule has 1 amide bonds. The Morgan fingerprint density at radius 3 is 2.77 bits per heavy atom. The number of carbonyl (C=O) groups is 1. The van der Waals surface area contributed by atoms with E-state index in [4.69, 9.17) is 9.47 Å². The number of fused-ring (bicyclic) bond motifs is 1. The van der Waals surface area contributed by atoms with E-state index in [-0.39, 0.29) is 11.4 Å². The van der Waals surface area contributed by atoms with Gasteiger partial charge in [-0.05, 0) is 25.5 Å². The summed E-state index contributed by atoms with van der Waals surface area (Å²) in [5.74, 6) is 0.799. The van der Waals surface area contributed by atoms with E-state index in [1.165, 1.54) is 0 Å². The van der Waals surface area contributed by atoms with Crippen LogP contribution in [0, 0.1) is 0 Å². The van der Waals surface area contributed by atoms with Gasteiger partial charge in [0.1, 0.15) is 5.75 Å². The summed E-state index contributed by atoms with van der Waals surface area (Å²) in [7, 11) is 0. The number of para-hydroxylation sites is 1. The Bertz CT molecular complexity index is 513. The largest absolute Gasteiger partial charge is 0.480 e. The molecule has 1 atom stereocenters. The van der Waals surface area contributed by atoms with Gasteiger partial charge in [0.05, 0.1) is 13.2 Å². The second kappa shape index (κ2) is 6.26. The molecular formula is C17H24N2O3. The molecule has 1 aromatic rings. The molecule has 0 saturated carbocycles. The first-order valence-electron chi connectivity index (χ1n) is 7.91. The maximum Gasteiger partial charge on any atom is 0.261 e. The first kappa shape index (κ1) is 15.3. The van der Waals surface area contributed by atoms with Gasteiger partial charge in [-0.2, -0.15) is 0 Å². The number of rotatable bonds is 4. The zero-order valence-corrected chi connectivity index (χ0v) is 13.3. The molecule has 1 aromatic carbocycles. The van der Waals surface area contributed by atoms with Crippen LogP contribution in [0.4, 0.5) is 0 Å². The van der Waals surface area contributed by atoms with Crippen molar-refractivity contribution < 1.29 is 14.3 Å². The molecule has 0 spiro atoms. The van der Waals surface area contributed by atoms with E-state index in [1.807, 2.05) is 24.3 Å². The van der Waals surface area contributed by atoms with Gasteiger partial charge in [0.15, 0.2) is 6.10 Å². The molecule has 0 bridgehead atoms. The first-order valence-corrected chi connectivity index (χ1v) is 7.91. The minimum atomic E-state index is -0.405. The van der Waals surface area contributed by atoms with Gasteiger partial charge in [0.2, 0.25) is 0 Å². The maximum atomic E-state index is 12.4. The molecule has 120 valence electrons. The summed E-state index contributed by atoms with van der Waals surface area (Å²) >= 11 is 0. The fraction of sp³-hybridized carbons (Fsp3) is 0.588. The van der Waals surface area contributed by atoms with E-state index >= 15 is 0 Å². The lowest BCUT2D eigenvalue weighted by Gasteiger charge is -2.41. The second-order valence-electron chi connectivity index (χ2n) is 6.55. The number of ether oxygens (including phenoxy) is 2. The lowest BCUT2D eigenvalue weighted by molar-refractivity contribution is -0.128. The number of amides is 1. The molecule has 22 heavy (non-hydrogen) atoms. The topological polar surface area (TPSA) is 50.8 Å². The quantitative estimate of drug-likeness (QED) is 0.909. The molecule has 5 heteroatoms. The SMILES string of the molecule is CC(C)(CNC(=O)C1Cc2ccccc2O1)N1CCOCC1. The number of hydrogen-bond acceptors (Lipinski definition) is 4. The van der Waals surface area contributed by atoms with E-state index in [0.717, 1.165) is 37.6 Å². The third-order valence-corrected chi connectivity index (χ3v) is 4.50. The molecule has 1 N–H and O–H groups in total. The lowest BCUT2D eigenvalue weighted by Crippen LogP contribution is -2.56. The van der Waals surface area contributed by atoms with Crippen LogP contribution in [0.5, 0.6) is 5.75 Å². The number of benzene rings is 1. The van der Waals surface area contributed by atoms with Gasteiger partial charge in [-0.3, -0.25) is 9.69 Å². The zero-order chi connectivity index (χ0) is 15.6. The minimum Gasteiger partial charge on any atom is -0.480 e. The fourth-order valence-electron chi connectivity index (χ4n) is 3.03. The molecule has 1 saturated heterocycles. The monoisotopic (exact) mass is 304 g/mol. The predicted molar refractivity (Wildman–Crippen MR) is 84.0 cm³/mol. The number of nitrogens with zero attached hydrogens (tertiary/aromatic N) is 1. The fourth-order valence-corrected chi connectivity index (χ4v) is 3.03. The molecule has 0 aromatic heterocycles. The smallest absolute Gasteiger partial charge is 0.261 e. The van der Waals surface area contributed by atoms with Crippen molar-refractivity contribution in [3.05, 3.63) is 29.8 Å². The Balaban J connectivity index is 1.52. The second-order valence-corrected chi connectivity index (χ2v) is 6.55. The first-order chi connectivity index (χ1) is 10.6. The van der Waals surface area contributed by atoms with Gasteiger partial charge in [-0.1, -0.05) is 18.2 Å². The highest BCUT2D eigenvalue weighted by molar-refractivity contribution is 5.82. The molecule has 5 nitrogen and oxygen atoms in total. The van der Waals surface area contributed by atoms with E-state index in [0.29, 0.717) is 13.0 Å². The Morgan fingerprint density at radius 2 is 2.05 bits per heavy atom. The molecule has 3 rings (SSSR count). The molecule has 2 heterocycles. The Hall–Kier alpha value is -1.59. The summed E-state index contributed by atoms with van der Waals surface area (Å²) in [5.41, 5.74) is 1.03. The van der Waals surface area contributed by atoms with Crippen molar-refractivity contribution in [2.24, 2.45) is 0 Å². The summed E-state index contributed by atoms with van der Waals surface area (Å²) < 4.78 is 11.1. The van der Waals surface area contributed by atoms with E-state index in [2.05, 4.69) is 24.1 Å². The van der Waals surface area contributed by atoms with Crippen LogP contribution in [-0.2, 0) is 16.0 Å². The van der Waals surface area contributed by atoms with Gasteiger partial charge >= 0.3 is 0 Å². The normalized spacial score (nSPS) is 22.0. The van der Waals surface area contributed by atoms with Crippen molar-refractivity contribution >= 4 is 5.91 Å². The molecule has 0 radical (unpaired) electrons. The Labute approximate surface area is 131 Å². The number of hydrogen-bond donors (Lipinski definition) is 1. The van der Waals surface area contributed by atoms with Crippen LogP contribution in [0.1, 0.15) is 19.4 Å². The molecule has 2 aliphatic heterocycles. The van der Waals surface area contributed by atoms with Crippen molar-refractivity contribution in [2.75, 3.05) is 32.8 Å². The maximum absolute atomic E-state index is 12.4. The number of carbonyl (C=O) groups excluding carboxylic acids is 1. The lowest BCUT2D eigenvalue weighted by atomic mass is 10.0.